The van der Waals surface area contributed by atoms with Crippen molar-refractivity contribution in [3.8, 4) is 11.8 Å². The molecule has 164 valence electrons. The molecule has 0 aromatic heterocycles. The van der Waals surface area contributed by atoms with Crippen LogP contribution < -0.4 is 0 Å². The van der Waals surface area contributed by atoms with Crippen molar-refractivity contribution in [1.29, 1.82) is 0 Å². The van der Waals surface area contributed by atoms with Crippen molar-refractivity contribution in [3.63, 3.8) is 0 Å². The predicted molar refractivity (Wildman–Crippen MR) is 120 cm³/mol. The Kier molecular flexibility index (Phi) is 7.90. The largest absolute Gasteiger partial charge is 0.395 e. The van der Waals surface area contributed by atoms with E-state index in [1.807, 2.05) is 42.9 Å². The summed E-state index contributed by atoms with van der Waals surface area (Å²) >= 11 is 0. The van der Waals surface area contributed by atoms with Crippen LogP contribution in [-0.4, -0.2) is 110 Å². The minimum absolute atomic E-state index is 0.129. The van der Waals surface area contributed by atoms with E-state index in [0.717, 1.165) is 44.6 Å². The van der Waals surface area contributed by atoms with Gasteiger partial charge in [0.05, 0.1) is 19.7 Å². The molecule has 2 saturated heterocycles. The Hall–Kier alpha value is -1.91. The lowest BCUT2D eigenvalue weighted by Crippen LogP contribution is -2.68. The van der Waals surface area contributed by atoms with E-state index in [-0.39, 0.29) is 30.5 Å². The van der Waals surface area contributed by atoms with Crippen LogP contribution in [0.15, 0.2) is 24.3 Å². The third kappa shape index (κ3) is 5.41. The maximum atomic E-state index is 12.7. The van der Waals surface area contributed by atoms with E-state index in [0.29, 0.717) is 6.54 Å². The standard InChI is InChI=1S/C24H36N4O2/c1-25(2)13-7-8-19-9-11-20(12-10-19)24-21-16-27(23(30)17-26(3)4)14-5-6-15-28(21)22(24)18-29/h9-12,21-22,24,29H,5-6,13-18H2,1-4H3/t21-,22-,24+/m0/s1. The van der Waals surface area contributed by atoms with E-state index < -0.39 is 0 Å². The number of hydrogen-bond acceptors (Lipinski definition) is 5. The number of hydrogen-bond donors (Lipinski definition) is 1. The summed E-state index contributed by atoms with van der Waals surface area (Å²) in [4.78, 5) is 21.2. The molecule has 0 spiro atoms. The fourth-order valence-electron chi connectivity index (χ4n) is 4.63. The fraction of sp³-hybridized carbons (Fsp3) is 0.625. The zero-order chi connectivity index (χ0) is 21.7. The third-order valence-electron chi connectivity index (χ3n) is 6.10. The second-order valence-electron chi connectivity index (χ2n) is 9.03. The summed E-state index contributed by atoms with van der Waals surface area (Å²) in [5, 5.41) is 10.1. The summed E-state index contributed by atoms with van der Waals surface area (Å²) < 4.78 is 0. The van der Waals surface area contributed by atoms with Gasteiger partial charge in [0.25, 0.3) is 0 Å². The highest BCUT2D eigenvalue weighted by Crippen LogP contribution is 2.41. The van der Waals surface area contributed by atoms with Gasteiger partial charge in [-0.05, 0) is 65.3 Å². The molecule has 0 bridgehead atoms. The average molecular weight is 413 g/mol. The van der Waals surface area contributed by atoms with E-state index in [9.17, 15) is 9.90 Å². The number of rotatable bonds is 5. The Labute approximate surface area is 181 Å². The minimum atomic E-state index is 0.129. The van der Waals surface area contributed by atoms with Crippen LogP contribution in [-0.2, 0) is 4.79 Å². The summed E-state index contributed by atoms with van der Waals surface area (Å²) in [6.07, 6.45) is 2.08. The molecule has 3 atom stereocenters. The Bertz CT molecular complexity index is 766. The predicted octanol–water partition coefficient (Wildman–Crippen LogP) is 0.912. The lowest BCUT2D eigenvalue weighted by molar-refractivity contribution is -0.137. The smallest absolute Gasteiger partial charge is 0.236 e. The first-order valence-electron chi connectivity index (χ1n) is 10.9. The Morgan fingerprint density at radius 2 is 1.80 bits per heavy atom. The van der Waals surface area contributed by atoms with Gasteiger partial charge >= 0.3 is 0 Å². The number of benzene rings is 1. The second kappa shape index (κ2) is 10.4. The molecule has 0 radical (unpaired) electrons. The van der Waals surface area contributed by atoms with Gasteiger partial charge in [0.15, 0.2) is 0 Å². The van der Waals surface area contributed by atoms with E-state index in [1.165, 1.54) is 5.56 Å². The number of amides is 1. The monoisotopic (exact) mass is 412 g/mol. The molecular weight excluding hydrogens is 376 g/mol. The molecule has 1 amide bonds. The van der Waals surface area contributed by atoms with Crippen molar-refractivity contribution in [2.24, 2.45) is 0 Å². The SMILES string of the molecule is CN(C)CC#Cc1ccc([C@H]2[C@H](CO)N3CCCCN(C(=O)CN(C)C)C[C@@H]23)cc1. The zero-order valence-electron chi connectivity index (χ0n) is 18.8. The van der Waals surface area contributed by atoms with E-state index in [4.69, 9.17) is 0 Å². The molecule has 1 N–H and O–H groups in total. The van der Waals surface area contributed by atoms with Gasteiger partial charge in [0.1, 0.15) is 0 Å². The van der Waals surface area contributed by atoms with Crippen LogP contribution in [0.2, 0.25) is 0 Å². The molecule has 2 aliphatic heterocycles. The zero-order valence-corrected chi connectivity index (χ0v) is 18.8. The second-order valence-corrected chi connectivity index (χ2v) is 9.03. The van der Waals surface area contributed by atoms with Crippen LogP contribution >= 0.6 is 0 Å². The summed E-state index contributed by atoms with van der Waals surface area (Å²) in [6.45, 7) is 3.89. The highest BCUT2D eigenvalue weighted by Gasteiger charge is 2.49. The van der Waals surface area contributed by atoms with E-state index in [2.05, 4.69) is 41.0 Å². The third-order valence-corrected chi connectivity index (χ3v) is 6.10. The van der Waals surface area contributed by atoms with E-state index >= 15 is 0 Å². The summed E-state index contributed by atoms with van der Waals surface area (Å²) in [5.74, 6) is 6.82. The Morgan fingerprint density at radius 3 is 2.43 bits per heavy atom. The van der Waals surface area contributed by atoms with Crippen LogP contribution in [0.4, 0.5) is 0 Å². The first-order chi connectivity index (χ1) is 14.4. The molecule has 2 aliphatic rings. The highest BCUT2D eigenvalue weighted by molar-refractivity contribution is 5.78. The first kappa shape index (κ1) is 22.8. The molecule has 1 aromatic carbocycles. The van der Waals surface area contributed by atoms with Gasteiger partial charge in [-0.25, -0.2) is 0 Å². The maximum Gasteiger partial charge on any atom is 0.236 e. The van der Waals surface area contributed by atoms with Gasteiger partial charge in [0, 0.05) is 36.7 Å². The van der Waals surface area contributed by atoms with Gasteiger partial charge in [-0.15, -0.1) is 0 Å². The summed E-state index contributed by atoms with van der Waals surface area (Å²) in [6, 6.07) is 8.84. The van der Waals surface area contributed by atoms with Crippen molar-refractivity contribution in [1.82, 2.24) is 19.6 Å². The lowest BCUT2D eigenvalue weighted by atomic mass is 9.74. The maximum absolute atomic E-state index is 12.7. The normalized spacial score (nSPS) is 24.5. The molecule has 3 rings (SSSR count). The number of fused-ring (bicyclic) bond motifs is 1. The molecule has 30 heavy (non-hydrogen) atoms. The Morgan fingerprint density at radius 1 is 1.10 bits per heavy atom. The average Bonchev–Trinajstić information content (AvgIpc) is 2.67. The molecule has 6 heteroatoms. The van der Waals surface area contributed by atoms with Gasteiger partial charge in [0.2, 0.25) is 5.91 Å². The first-order valence-corrected chi connectivity index (χ1v) is 10.9. The highest BCUT2D eigenvalue weighted by atomic mass is 16.3. The molecule has 0 unspecified atom stereocenters. The molecule has 2 fully saturated rings. The lowest BCUT2D eigenvalue weighted by Gasteiger charge is -2.57. The molecule has 0 aliphatic carbocycles. The molecule has 6 nitrogen and oxygen atoms in total. The summed E-state index contributed by atoms with van der Waals surface area (Å²) in [5.41, 5.74) is 2.24. The molecular formula is C24H36N4O2. The topological polar surface area (TPSA) is 50.3 Å². The number of carbonyl (C=O) groups is 1. The number of nitrogens with zero attached hydrogens (tertiary/aromatic N) is 4. The fourth-order valence-corrected chi connectivity index (χ4v) is 4.63. The molecule has 2 heterocycles. The number of likely N-dealkylation sites (N-methyl/N-ethyl adjacent to an activating group) is 1. The van der Waals surface area contributed by atoms with Gasteiger partial charge < -0.3 is 14.9 Å². The van der Waals surface area contributed by atoms with Gasteiger partial charge in [-0.3, -0.25) is 14.6 Å². The van der Waals surface area contributed by atoms with Crippen molar-refractivity contribution >= 4 is 5.91 Å². The summed E-state index contributed by atoms with van der Waals surface area (Å²) in [7, 11) is 7.89. The van der Waals surface area contributed by atoms with Crippen molar-refractivity contribution in [2.75, 3.05) is 67.5 Å². The van der Waals surface area contributed by atoms with Crippen molar-refractivity contribution in [3.05, 3.63) is 35.4 Å². The molecule has 0 saturated carbocycles. The van der Waals surface area contributed by atoms with Crippen molar-refractivity contribution in [2.45, 2.75) is 30.8 Å². The number of aliphatic hydroxyl groups is 1. The quantitative estimate of drug-likeness (QED) is 0.729. The minimum Gasteiger partial charge on any atom is -0.395 e. The number of aliphatic hydroxyl groups excluding tert-OH is 1. The molecule has 1 aromatic rings. The van der Waals surface area contributed by atoms with Crippen LogP contribution in [0.25, 0.3) is 0 Å². The van der Waals surface area contributed by atoms with Crippen LogP contribution in [0.5, 0.6) is 0 Å². The van der Waals surface area contributed by atoms with Crippen LogP contribution in [0.3, 0.4) is 0 Å². The van der Waals surface area contributed by atoms with E-state index in [1.54, 1.807) is 0 Å². The van der Waals surface area contributed by atoms with Crippen molar-refractivity contribution < 1.29 is 9.90 Å². The van der Waals surface area contributed by atoms with Crippen LogP contribution in [0, 0.1) is 11.8 Å². The Balaban J connectivity index is 1.75. The van der Waals surface area contributed by atoms with Gasteiger partial charge in [-0.2, -0.15) is 0 Å². The van der Waals surface area contributed by atoms with Crippen LogP contribution in [0.1, 0.15) is 29.9 Å². The van der Waals surface area contributed by atoms with Gasteiger partial charge in [-0.1, -0.05) is 24.0 Å². The number of carbonyl (C=O) groups excluding carboxylic acids is 1.